The molecule has 1 aliphatic carbocycles. The monoisotopic (exact) mass is 408 g/mol. The van der Waals surface area contributed by atoms with E-state index in [0.717, 1.165) is 5.75 Å². The van der Waals surface area contributed by atoms with E-state index in [9.17, 15) is 0 Å². The SMILES string of the molecule is c1ccc(C2(c3ccccc3)SCC3(S2)c2ccccc2-c2ccccc23)cc1. The molecular weight excluding hydrogens is 388 g/mol. The molecule has 4 aromatic rings. The molecule has 29 heavy (non-hydrogen) atoms. The lowest BCUT2D eigenvalue weighted by Gasteiger charge is -2.33. The van der Waals surface area contributed by atoms with Crippen LogP contribution in [0.2, 0.25) is 0 Å². The Morgan fingerprint density at radius 3 is 1.48 bits per heavy atom. The smallest absolute Gasteiger partial charge is 0.112 e. The Bertz CT molecular complexity index is 1090. The van der Waals surface area contributed by atoms with Gasteiger partial charge in [0.15, 0.2) is 0 Å². The van der Waals surface area contributed by atoms with Crippen molar-refractivity contribution in [1.29, 1.82) is 0 Å². The van der Waals surface area contributed by atoms with Gasteiger partial charge in [-0.2, -0.15) is 0 Å². The summed E-state index contributed by atoms with van der Waals surface area (Å²) in [5, 5.41) is 0. The highest BCUT2D eigenvalue weighted by Gasteiger charge is 2.56. The van der Waals surface area contributed by atoms with Gasteiger partial charge in [0, 0.05) is 5.75 Å². The topological polar surface area (TPSA) is 0 Å². The molecule has 0 saturated carbocycles. The predicted molar refractivity (Wildman–Crippen MR) is 126 cm³/mol. The lowest BCUT2D eigenvalue weighted by atomic mass is 9.98. The molecular formula is C27H20S2. The molecule has 1 aliphatic heterocycles. The first-order chi connectivity index (χ1) is 14.3. The van der Waals surface area contributed by atoms with Crippen molar-refractivity contribution in [3.05, 3.63) is 131 Å². The zero-order valence-electron chi connectivity index (χ0n) is 15.9. The molecule has 0 aromatic heterocycles. The zero-order valence-corrected chi connectivity index (χ0v) is 17.5. The number of hydrogen-bond donors (Lipinski definition) is 0. The quantitative estimate of drug-likeness (QED) is 0.341. The standard InChI is InChI=1S/C27H20S2/c1-3-11-20(12-4-1)27(21-13-5-2-6-14-21)28-19-26(29-27)24-17-9-7-15-22(24)23-16-8-10-18-25(23)26/h1-18H,19H2. The number of rotatable bonds is 2. The average Bonchev–Trinajstić information content (AvgIpc) is 3.35. The van der Waals surface area contributed by atoms with E-state index in [4.69, 9.17) is 0 Å². The van der Waals surface area contributed by atoms with Gasteiger partial charge in [-0.1, -0.05) is 109 Å². The third-order valence-corrected chi connectivity index (χ3v) is 10.1. The maximum Gasteiger partial charge on any atom is 0.112 e. The molecule has 0 nitrogen and oxygen atoms in total. The Balaban J connectivity index is 1.60. The van der Waals surface area contributed by atoms with E-state index in [1.165, 1.54) is 33.4 Å². The van der Waals surface area contributed by atoms with E-state index in [1.807, 2.05) is 0 Å². The fourth-order valence-electron chi connectivity index (χ4n) is 4.82. The van der Waals surface area contributed by atoms with E-state index in [-0.39, 0.29) is 8.83 Å². The van der Waals surface area contributed by atoms with Crippen molar-refractivity contribution in [1.82, 2.24) is 0 Å². The lowest BCUT2D eigenvalue weighted by molar-refractivity contribution is 0.891. The molecule has 2 aliphatic rings. The van der Waals surface area contributed by atoms with Crippen molar-refractivity contribution >= 4 is 23.5 Å². The van der Waals surface area contributed by atoms with Crippen LogP contribution in [0.25, 0.3) is 11.1 Å². The highest BCUT2D eigenvalue weighted by atomic mass is 32.2. The first kappa shape index (κ1) is 17.4. The summed E-state index contributed by atoms with van der Waals surface area (Å²) >= 11 is 4.20. The molecule has 1 fully saturated rings. The minimum atomic E-state index is -0.118. The first-order valence-corrected chi connectivity index (χ1v) is 11.8. The van der Waals surface area contributed by atoms with Crippen LogP contribution in [-0.2, 0) is 8.83 Å². The van der Waals surface area contributed by atoms with Gasteiger partial charge < -0.3 is 0 Å². The van der Waals surface area contributed by atoms with E-state index in [2.05, 4.69) is 133 Å². The van der Waals surface area contributed by atoms with Crippen molar-refractivity contribution in [2.75, 3.05) is 5.75 Å². The summed E-state index contributed by atoms with van der Waals surface area (Å²) in [4.78, 5) is 0. The van der Waals surface area contributed by atoms with Crippen LogP contribution in [0.5, 0.6) is 0 Å². The minimum Gasteiger partial charge on any atom is -0.132 e. The van der Waals surface area contributed by atoms with Crippen LogP contribution >= 0.6 is 23.5 Å². The molecule has 1 spiro atoms. The molecule has 1 saturated heterocycles. The maximum atomic E-state index is 2.34. The van der Waals surface area contributed by atoms with Crippen LogP contribution in [0.1, 0.15) is 22.3 Å². The fraction of sp³-hybridized carbons (Fsp3) is 0.111. The lowest BCUT2D eigenvalue weighted by Crippen LogP contribution is -2.23. The summed E-state index contributed by atoms with van der Waals surface area (Å²) in [5.74, 6) is 1.06. The average molecular weight is 409 g/mol. The largest absolute Gasteiger partial charge is 0.132 e. The molecule has 0 atom stereocenters. The van der Waals surface area contributed by atoms with Crippen LogP contribution in [0.4, 0.5) is 0 Å². The van der Waals surface area contributed by atoms with Crippen molar-refractivity contribution in [3.63, 3.8) is 0 Å². The van der Waals surface area contributed by atoms with Crippen LogP contribution in [0.15, 0.2) is 109 Å². The molecule has 0 amide bonds. The van der Waals surface area contributed by atoms with E-state index in [0.29, 0.717) is 0 Å². The van der Waals surface area contributed by atoms with Crippen LogP contribution < -0.4 is 0 Å². The summed E-state index contributed by atoms with van der Waals surface area (Å²) < 4.78 is -0.142. The van der Waals surface area contributed by atoms with Gasteiger partial charge in [0.2, 0.25) is 0 Å². The third-order valence-electron chi connectivity index (χ3n) is 6.12. The number of hydrogen-bond acceptors (Lipinski definition) is 2. The molecule has 140 valence electrons. The summed E-state index contributed by atoms with van der Waals surface area (Å²) in [6, 6.07) is 40.1. The molecule has 0 bridgehead atoms. The second-order valence-corrected chi connectivity index (χ2v) is 10.6. The minimum absolute atomic E-state index is 0.0243. The van der Waals surface area contributed by atoms with Crippen LogP contribution in [0, 0.1) is 0 Å². The van der Waals surface area contributed by atoms with E-state index >= 15 is 0 Å². The van der Waals surface area contributed by atoms with Gasteiger partial charge in [0.05, 0.1) is 4.75 Å². The maximum absolute atomic E-state index is 2.34. The number of benzene rings is 4. The highest BCUT2D eigenvalue weighted by molar-refractivity contribution is 8.21. The molecule has 6 rings (SSSR count). The van der Waals surface area contributed by atoms with E-state index in [1.54, 1.807) is 0 Å². The second kappa shape index (κ2) is 6.55. The molecule has 4 aromatic carbocycles. The fourth-order valence-corrected chi connectivity index (χ4v) is 8.97. The summed E-state index contributed by atoms with van der Waals surface area (Å²) in [6.45, 7) is 0. The Labute approximate surface area is 180 Å². The van der Waals surface area contributed by atoms with Crippen molar-refractivity contribution in [2.24, 2.45) is 0 Å². The first-order valence-electron chi connectivity index (χ1n) is 9.98. The third kappa shape index (κ3) is 2.43. The van der Waals surface area contributed by atoms with Gasteiger partial charge in [0.25, 0.3) is 0 Å². The normalized spacial score (nSPS) is 17.8. The van der Waals surface area contributed by atoms with Gasteiger partial charge in [0.1, 0.15) is 4.08 Å². The van der Waals surface area contributed by atoms with Gasteiger partial charge >= 0.3 is 0 Å². The molecule has 0 unspecified atom stereocenters. The number of thioether (sulfide) groups is 2. The molecule has 0 radical (unpaired) electrons. The van der Waals surface area contributed by atoms with Crippen molar-refractivity contribution in [3.8, 4) is 11.1 Å². The summed E-state index contributed by atoms with van der Waals surface area (Å²) in [7, 11) is 0. The Morgan fingerprint density at radius 2 is 0.966 bits per heavy atom. The van der Waals surface area contributed by atoms with Gasteiger partial charge in [-0.15, -0.1) is 23.5 Å². The Hall–Kier alpha value is -2.42. The van der Waals surface area contributed by atoms with Crippen molar-refractivity contribution in [2.45, 2.75) is 8.83 Å². The van der Waals surface area contributed by atoms with Gasteiger partial charge in [-0.25, -0.2) is 0 Å². The Morgan fingerprint density at radius 1 is 0.517 bits per heavy atom. The summed E-state index contributed by atoms with van der Waals surface area (Å²) in [5.41, 5.74) is 8.47. The molecule has 2 heteroatoms. The molecule has 1 heterocycles. The van der Waals surface area contributed by atoms with Gasteiger partial charge in [-0.3, -0.25) is 0 Å². The molecule has 0 N–H and O–H groups in total. The summed E-state index contributed by atoms with van der Waals surface area (Å²) in [6.07, 6.45) is 0. The predicted octanol–water partition coefficient (Wildman–Crippen LogP) is 7.29. The Kier molecular flexibility index (Phi) is 3.94. The van der Waals surface area contributed by atoms with E-state index < -0.39 is 0 Å². The van der Waals surface area contributed by atoms with Crippen LogP contribution in [0.3, 0.4) is 0 Å². The van der Waals surface area contributed by atoms with Gasteiger partial charge in [-0.05, 0) is 33.4 Å². The highest BCUT2D eigenvalue weighted by Crippen LogP contribution is 2.71. The number of fused-ring (bicyclic) bond motifs is 5. The zero-order chi connectivity index (χ0) is 19.3. The van der Waals surface area contributed by atoms with Crippen LogP contribution in [-0.4, -0.2) is 5.75 Å². The second-order valence-electron chi connectivity index (χ2n) is 7.66. The van der Waals surface area contributed by atoms with Crippen molar-refractivity contribution < 1.29 is 0 Å².